The lowest BCUT2D eigenvalue weighted by Gasteiger charge is -2.10. The van der Waals surface area contributed by atoms with E-state index >= 15 is 0 Å². The first kappa shape index (κ1) is 22.2. The zero-order valence-electron chi connectivity index (χ0n) is 16.6. The van der Waals surface area contributed by atoms with E-state index in [1.54, 1.807) is 43.5 Å². The van der Waals surface area contributed by atoms with Crippen molar-refractivity contribution in [3.05, 3.63) is 76.5 Å². The number of methoxy groups -OCH3 is 1. The third-order valence-corrected chi connectivity index (χ3v) is 4.29. The van der Waals surface area contributed by atoms with Crippen LogP contribution in [0.3, 0.4) is 0 Å². The van der Waals surface area contributed by atoms with Crippen LogP contribution < -0.4 is 15.4 Å². The molecule has 0 saturated carbocycles. The summed E-state index contributed by atoms with van der Waals surface area (Å²) in [7, 11) is 1.60. The van der Waals surface area contributed by atoms with Crippen molar-refractivity contribution in [2.45, 2.75) is 19.8 Å². The highest BCUT2D eigenvalue weighted by Crippen LogP contribution is 2.13. The van der Waals surface area contributed by atoms with Crippen molar-refractivity contribution in [2.75, 3.05) is 13.7 Å². The second kappa shape index (κ2) is 11.7. The molecule has 0 aliphatic rings. The maximum absolute atomic E-state index is 12.5. The van der Waals surface area contributed by atoms with Gasteiger partial charge in [0.25, 0.3) is 5.91 Å². The van der Waals surface area contributed by atoms with Gasteiger partial charge in [-0.2, -0.15) is 0 Å². The third kappa shape index (κ3) is 7.84. The predicted molar refractivity (Wildman–Crippen MR) is 118 cm³/mol. The molecule has 0 unspecified atom stereocenters. The van der Waals surface area contributed by atoms with Gasteiger partial charge in [-0.05, 0) is 54.0 Å². The Labute approximate surface area is 176 Å². The molecule has 152 valence electrons. The largest absolute Gasteiger partial charge is 0.497 e. The van der Waals surface area contributed by atoms with E-state index in [0.29, 0.717) is 11.6 Å². The molecular formula is C23H25ClN2O3. The summed E-state index contributed by atoms with van der Waals surface area (Å²) >= 11 is 5.91. The minimum atomic E-state index is -0.397. The van der Waals surface area contributed by atoms with Crippen LogP contribution in [0.4, 0.5) is 0 Å². The average molecular weight is 413 g/mol. The van der Waals surface area contributed by atoms with Crippen LogP contribution in [0.15, 0.2) is 60.3 Å². The van der Waals surface area contributed by atoms with E-state index in [0.717, 1.165) is 29.7 Å². The van der Waals surface area contributed by atoms with Gasteiger partial charge < -0.3 is 15.4 Å². The number of benzene rings is 2. The minimum absolute atomic E-state index is 0.174. The molecule has 6 heteroatoms. The Bertz CT molecular complexity index is 872. The van der Waals surface area contributed by atoms with Crippen LogP contribution in [-0.4, -0.2) is 25.5 Å². The Morgan fingerprint density at radius 2 is 1.69 bits per heavy atom. The fourth-order valence-electron chi connectivity index (χ4n) is 2.42. The summed E-state index contributed by atoms with van der Waals surface area (Å²) in [6, 6.07) is 14.3. The molecule has 0 spiro atoms. The van der Waals surface area contributed by atoms with Crippen LogP contribution >= 0.6 is 11.6 Å². The van der Waals surface area contributed by atoms with Gasteiger partial charge in [-0.1, -0.05) is 49.2 Å². The Balaban J connectivity index is 2.12. The van der Waals surface area contributed by atoms with Gasteiger partial charge in [0, 0.05) is 17.6 Å². The van der Waals surface area contributed by atoms with Crippen LogP contribution in [0, 0.1) is 0 Å². The van der Waals surface area contributed by atoms with E-state index in [9.17, 15) is 9.59 Å². The van der Waals surface area contributed by atoms with Gasteiger partial charge in [0.15, 0.2) is 0 Å². The average Bonchev–Trinajstić information content (AvgIpc) is 2.73. The van der Waals surface area contributed by atoms with Gasteiger partial charge in [0.05, 0.1) is 7.11 Å². The highest BCUT2D eigenvalue weighted by molar-refractivity contribution is 6.30. The van der Waals surface area contributed by atoms with Gasteiger partial charge in [-0.3, -0.25) is 9.59 Å². The summed E-state index contributed by atoms with van der Waals surface area (Å²) in [6.07, 6.45) is 6.51. The zero-order chi connectivity index (χ0) is 21.1. The van der Waals surface area contributed by atoms with Crippen molar-refractivity contribution in [2.24, 2.45) is 0 Å². The van der Waals surface area contributed by atoms with E-state index in [1.165, 1.54) is 6.08 Å². The quantitative estimate of drug-likeness (QED) is 0.472. The molecule has 5 nitrogen and oxygen atoms in total. The van der Waals surface area contributed by atoms with Crippen molar-refractivity contribution in [1.29, 1.82) is 0 Å². The van der Waals surface area contributed by atoms with Crippen molar-refractivity contribution >= 4 is 35.6 Å². The van der Waals surface area contributed by atoms with E-state index in [1.807, 2.05) is 31.2 Å². The van der Waals surface area contributed by atoms with Crippen molar-refractivity contribution in [3.8, 4) is 5.75 Å². The van der Waals surface area contributed by atoms with E-state index in [-0.39, 0.29) is 11.6 Å². The maximum Gasteiger partial charge on any atom is 0.267 e. The van der Waals surface area contributed by atoms with Crippen LogP contribution in [-0.2, 0) is 9.59 Å². The van der Waals surface area contributed by atoms with Gasteiger partial charge in [0.2, 0.25) is 5.91 Å². The summed E-state index contributed by atoms with van der Waals surface area (Å²) in [5, 5.41) is 6.09. The molecule has 0 fully saturated rings. The molecule has 2 rings (SSSR count). The molecule has 2 aromatic rings. The first-order valence-electron chi connectivity index (χ1n) is 9.40. The van der Waals surface area contributed by atoms with Gasteiger partial charge in [0.1, 0.15) is 11.4 Å². The monoisotopic (exact) mass is 412 g/mol. The molecule has 29 heavy (non-hydrogen) atoms. The Morgan fingerprint density at radius 3 is 2.31 bits per heavy atom. The second-order valence-corrected chi connectivity index (χ2v) is 6.75. The smallest absolute Gasteiger partial charge is 0.267 e. The van der Waals surface area contributed by atoms with Crippen molar-refractivity contribution in [1.82, 2.24) is 10.6 Å². The molecule has 2 N–H and O–H groups in total. The van der Waals surface area contributed by atoms with Crippen LogP contribution in [0.25, 0.3) is 12.2 Å². The lowest BCUT2D eigenvalue weighted by molar-refractivity contribution is -0.121. The standard InChI is InChI=1S/C23H25ClN2O3/c1-3-4-15-25-23(28)21(16-18-5-10-19(24)11-6-18)26-22(27)14-9-17-7-12-20(29-2)13-8-17/h5-14,16H,3-4,15H2,1-2H3,(H,25,28)(H,26,27)/b14-9+,21-16-. The number of hydrogen-bond donors (Lipinski definition) is 2. The molecule has 0 aromatic heterocycles. The van der Waals surface area contributed by atoms with Crippen LogP contribution in [0.5, 0.6) is 5.75 Å². The Kier molecular flexibility index (Phi) is 8.99. The van der Waals surface area contributed by atoms with E-state index < -0.39 is 5.91 Å². The number of rotatable bonds is 9. The zero-order valence-corrected chi connectivity index (χ0v) is 17.3. The van der Waals surface area contributed by atoms with Crippen LogP contribution in [0.1, 0.15) is 30.9 Å². The summed E-state index contributed by atoms with van der Waals surface area (Å²) in [6.45, 7) is 2.59. The molecule has 0 bridgehead atoms. The number of unbranched alkanes of at least 4 members (excludes halogenated alkanes) is 1. The van der Waals surface area contributed by atoms with Gasteiger partial charge >= 0.3 is 0 Å². The SMILES string of the molecule is CCCCNC(=O)/C(=C/c1ccc(Cl)cc1)NC(=O)/C=C/c1ccc(OC)cc1. The third-order valence-electron chi connectivity index (χ3n) is 4.04. The topological polar surface area (TPSA) is 67.4 Å². The fourth-order valence-corrected chi connectivity index (χ4v) is 2.55. The summed E-state index contributed by atoms with van der Waals surface area (Å²) < 4.78 is 5.11. The fraction of sp³-hybridized carbons (Fsp3) is 0.217. The molecule has 0 aliphatic heterocycles. The minimum Gasteiger partial charge on any atom is -0.497 e. The number of ether oxygens (including phenoxy) is 1. The highest BCUT2D eigenvalue weighted by Gasteiger charge is 2.11. The number of hydrogen-bond acceptors (Lipinski definition) is 3. The maximum atomic E-state index is 12.5. The van der Waals surface area contributed by atoms with E-state index in [2.05, 4.69) is 10.6 Å². The number of carbonyl (C=O) groups excluding carboxylic acids is 2. The number of carbonyl (C=O) groups is 2. The van der Waals surface area contributed by atoms with E-state index in [4.69, 9.17) is 16.3 Å². The predicted octanol–water partition coefficient (Wildman–Crippen LogP) is 4.44. The molecule has 2 aromatic carbocycles. The molecule has 2 amide bonds. The molecule has 0 atom stereocenters. The molecule has 0 aliphatic carbocycles. The molecule has 0 radical (unpaired) electrons. The van der Waals surface area contributed by atoms with Crippen molar-refractivity contribution in [3.63, 3.8) is 0 Å². The number of halogens is 1. The molecule has 0 saturated heterocycles. The Hall–Kier alpha value is -3.05. The molecule has 0 heterocycles. The first-order chi connectivity index (χ1) is 14.0. The highest BCUT2D eigenvalue weighted by atomic mass is 35.5. The first-order valence-corrected chi connectivity index (χ1v) is 9.78. The van der Waals surface area contributed by atoms with Crippen LogP contribution in [0.2, 0.25) is 5.02 Å². The summed E-state index contributed by atoms with van der Waals surface area (Å²) in [5.74, 6) is 0.00908. The van der Waals surface area contributed by atoms with Crippen molar-refractivity contribution < 1.29 is 14.3 Å². The number of amides is 2. The number of nitrogens with one attached hydrogen (secondary N) is 2. The Morgan fingerprint density at radius 1 is 1.03 bits per heavy atom. The molecular weight excluding hydrogens is 388 g/mol. The van der Waals surface area contributed by atoms with Gasteiger partial charge in [-0.15, -0.1) is 0 Å². The lowest BCUT2D eigenvalue weighted by Crippen LogP contribution is -2.34. The summed E-state index contributed by atoms with van der Waals surface area (Å²) in [5.41, 5.74) is 1.78. The normalized spacial score (nSPS) is 11.3. The lowest BCUT2D eigenvalue weighted by atomic mass is 10.1. The second-order valence-electron chi connectivity index (χ2n) is 6.31. The summed E-state index contributed by atoms with van der Waals surface area (Å²) in [4.78, 5) is 24.9. The van der Waals surface area contributed by atoms with Gasteiger partial charge in [-0.25, -0.2) is 0 Å².